The maximum atomic E-state index is 6.00. The van der Waals surface area contributed by atoms with E-state index in [2.05, 4.69) is 16.7 Å². The molecule has 118 valence electrons. The lowest BCUT2D eigenvalue weighted by Crippen LogP contribution is -2.08. The Morgan fingerprint density at radius 3 is 1.83 bits per heavy atom. The van der Waals surface area contributed by atoms with E-state index in [4.69, 9.17) is 28.1 Å². The molecule has 0 fully saturated rings. The van der Waals surface area contributed by atoms with Crippen molar-refractivity contribution < 1.29 is 4.94 Å². The van der Waals surface area contributed by atoms with Crippen LogP contribution >= 0.6 is 23.2 Å². The van der Waals surface area contributed by atoms with E-state index in [1.54, 1.807) is 0 Å². The molecule has 2 aromatic rings. The second-order valence-corrected chi connectivity index (χ2v) is 6.31. The molecule has 0 atom stereocenters. The minimum absolute atomic E-state index is 0.705. The van der Waals surface area contributed by atoms with Crippen LogP contribution in [-0.2, 0) is 4.94 Å². The van der Waals surface area contributed by atoms with Gasteiger partial charge in [-0.1, -0.05) is 52.6 Å². The first-order valence-electron chi connectivity index (χ1n) is 7.36. The van der Waals surface area contributed by atoms with Gasteiger partial charge < -0.3 is 0 Å². The predicted octanol–water partition coefficient (Wildman–Crippen LogP) is 5.25. The quantitative estimate of drug-likeness (QED) is 0.798. The van der Waals surface area contributed by atoms with Crippen LogP contribution in [-0.4, -0.2) is 5.71 Å². The van der Waals surface area contributed by atoms with Crippen molar-refractivity contribution in [1.82, 2.24) is 5.48 Å². The smallest absolute Gasteiger partial charge is 0.133 e. The normalized spacial score (nSPS) is 15.9. The Morgan fingerprint density at radius 1 is 0.708 bits per heavy atom. The minimum atomic E-state index is 0.705. The molecule has 4 rings (SSSR count). The summed E-state index contributed by atoms with van der Waals surface area (Å²) in [5.74, 6) is 0. The Bertz CT molecular complexity index is 861. The molecular formula is C19H12Cl2N2O. The van der Waals surface area contributed by atoms with Gasteiger partial charge in [0.2, 0.25) is 0 Å². The molecule has 0 amide bonds. The number of hydrogen-bond acceptors (Lipinski definition) is 3. The van der Waals surface area contributed by atoms with Crippen LogP contribution in [0.4, 0.5) is 0 Å². The van der Waals surface area contributed by atoms with Crippen LogP contribution in [0.15, 0.2) is 77.6 Å². The molecule has 2 aliphatic rings. The van der Waals surface area contributed by atoms with Crippen molar-refractivity contribution in [2.75, 3.05) is 0 Å². The van der Waals surface area contributed by atoms with Crippen molar-refractivity contribution >= 4 is 40.1 Å². The molecule has 0 aromatic heterocycles. The summed E-state index contributed by atoms with van der Waals surface area (Å²) in [5, 5.41) is 5.45. The summed E-state index contributed by atoms with van der Waals surface area (Å²) in [4.78, 5) is 5.01. The van der Waals surface area contributed by atoms with Crippen molar-refractivity contribution in [3.63, 3.8) is 0 Å². The molecule has 0 bridgehead atoms. The molecule has 24 heavy (non-hydrogen) atoms. The molecule has 0 unspecified atom stereocenters. The second kappa shape index (κ2) is 6.19. The van der Waals surface area contributed by atoms with Gasteiger partial charge in [0, 0.05) is 10.0 Å². The van der Waals surface area contributed by atoms with Gasteiger partial charge in [-0.2, -0.15) is 5.48 Å². The van der Waals surface area contributed by atoms with Crippen molar-refractivity contribution in [1.29, 1.82) is 0 Å². The Morgan fingerprint density at radius 2 is 1.25 bits per heavy atom. The maximum absolute atomic E-state index is 6.00. The third-order valence-corrected chi connectivity index (χ3v) is 4.34. The minimum Gasteiger partial charge on any atom is -0.270 e. The number of nitrogens with zero attached hydrogens (tertiary/aromatic N) is 1. The summed E-state index contributed by atoms with van der Waals surface area (Å²) in [7, 11) is 0. The molecular weight excluding hydrogens is 343 g/mol. The van der Waals surface area contributed by atoms with Crippen LogP contribution in [0, 0.1) is 0 Å². The van der Waals surface area contributed by atoms with E-state index in [1.807, 2.05) is 60.7 Å². The van der Waals surface area contributed by atoms with Crippen LogP contribution in [0.2, 0.25) is 10.0 Å². The van der Waals surface area contributed by atoms with Gasteiger partial charge in [-0.15, -0.1) is 0 Å². The Balaban J connectivity index is 1.84. The number of fused-ring (bicyclic) bond motifs is 1. The number of rotatable bonds is 2. The first-order chi connectivity index (χ1) is 11.7. The molecule has 1 N–H and O–H groups in total. The van der Waals surface area contributed by atoms with E-state index in [-0.39, 0.29) is 0 Å². The van der Waals surface area contributed by atoms with Crippen molar-refractivity contribution in [3.05, 3.63) is 93.6 Å². The van der Waals surface area contributed by atoms with Gasteiger partial charge in [0.1, 0.15) is 11.4 Å². The zero-order valence-electron chi connectivity index (χ0n) is 12.5. The van der Waals surface area contributed by atoms with Crippen molar-refractivity contribution in [3.8, 4) is 0 Å². The van der Waals surface area contributed by atoms with Gasteiger partial charge in [0.15, 0.2) is 0 Å². The van der Waals surface area contributed by atoms with Gasteiger partial charge in [0.05, 0.1) is 0 Å². The van der Waals surface area contributed by atoms with Crippen LogP contribution in [0.25, 0.3) is 11.1 Å². The molecule has 1 heterocycles. The van der Waals surface area contributed by atoms with Crippen LogP contribution in [0.5, 0.6) is 0 Å². The Labute approximate surface area is 149 Å². The summed E-state index contributed by atoms with van der Waals surface area (Å²) in [6.07, 6.45) is 6.11. The molecule has 1 aliphatic carbocycles. The highest BCUT2D eigenvalue weighted by Crippen LogP contribution is 2.30. The summed E-state index contributed by atoms with van der Waals surface area (Å²) in [6.45, 7) is 0. The van der Waals surface area contributed by atoms with E-state index < -0.39 is 0 Å². The predicted molar refractivity (Wildman–Crippen MR) is 98.6 cm³/mol. The van der Waals surface area contributed by atoms with Gasteiger partial charge in [-0.25, -0.2) is 0 Å². The number of benzene rings is 2. The van der Waals surface area contributed by atoms with E-state index >= 15 is 0 Å². The number of halogens is 2. The number of hydroxylamine groups is 1. The highest BCUT2D eigenvalue weighted by Gasteiger charge is 2.18. The first-order valence-corrected chi connectivity index (χ1v) is 8.12. The highest BCUT2D eigenvalue weighted by atomic mass is 35.5. The van der Waals surface area contributed by atoms with Gasteiger partial charge in [0.25, 0.3) is 0 Å². The number of hydrogen-bond donors (Lipinski definition) is 1. The third-order valence-electron chi connectivity index (χ3n) is 3.83. The zero-order valence-corrected chi connectivity index (χ0v) is 14.0. The van der Waals surface area contributed by atoms with Crippen molar-refractivity contribution in [2.24, 2.45) is 5.16 Å². The van der Waals surface area contributed by atoms with E-state index in [0.717, 1.165) is 33.7 Å². The molecule has 3 nitrogen and oxygen atoms in total. The standard InChI is InChI=1S/C19H12Cl2N2O/c20-16-5-1-12(2-6-16)14-9-15(13-3-7-17(21)8-4-13)11-19-18(10-14)22-24-23-19/h1-11,22H. The summed E-state index contributed by atoms with van der Waals surface area (Å²) >= 11 is 12.0. The first kappa shape index (κ1) is 15.1. The molecule has 0 spiro atoms. The highest BCUT2D eigenvalue weighted by molar-refractivity contribution is 6.31. The fraction of sp³-hybridized carbons (Fsp3) is 0. The Hall–Kier alpha value is -2.49. The Kier molecular flexibility index (Phi) is 3.89. The zero-order chi connectivity index (χ0) is 16.5. The monoisotopic (exact) mass is 354 g/mol. The molecule has 5 heteroatoms. The van der Waals surface area contributed by atoms with Crippen LogP contribution < -0.4 is 5.48 Å². The SMILES string of the molecule is Clc1ccc(C2=CC(c3ccc(Cl)cc3)=CC3=NONC3=C2)cc1. The van der Waals surface area contributed by atoms with E-state index in [0.29, 0.717) is 10.0 Å². The molecule has 2 aromatic carbocycles. The number of oxime groups is 1. The van der Waals surface area contributed by atoms with E-state index in [1.165, 1.54) is 0 Å². The summed E-state index contributed by atoms with van der Waals surface area (Å²) < 4.78 is 0. The fourth-order valence-corrected chi connectivity index (χ4v) is 2.85. The largest absolute Gasteiger partial charge is 0.270 e. The van der Waals surface area contributed by atoms with Gasteiger partial charge in [-0.05, 0) is 64.8 Å². The number of nitrogens with one attached hydrogen (secondary N) is 1. The summed E-state index contributed by atoms with van der Waals surface area (Å²) in [5.41, 5.74) is 8.55. The maximum Gasteiger partial charge on any atom is 0.133 e. The topological polar surface area (TPSA) is 33.6 Å². The molecule has 1 aliphatic heterocycles. The lowest BCUT2D eigenvalue weighted by molar-refractivity contribution is 0.0906. The summed E-state index contributed by atoms with van der Waals surface area (Å²) in [6, 6.07) is 15.4. The molecule has 0 saturated carbocycles. The lowest BCUT2D eigenvalue weighted by Gasteiger charge is -2.06. The van der Waals surface area contributed by atoms with Gasteiger partial charge >= 0.3 is 0 Å². The van der Waals surface area contributed by atoms with Crippen molar-refractivity contribution in [2.45, 2.75) is 0 Å². The molecule has 0 radical (unpaired) electrons. The van der Waals surface area contributed by atoms with Crippen LogP contribution in [0.1, 0.15) is 11.1 Å². The third kappa shape index (κ3) is 2.96. The van der Waals surface area contributed by atoms with Gasteiger partial charge in [-0.3, -0.25) is 4.94 Å². The van der Waals surface area contributed by atoms with E-state index in [9.17, 15) is 0 Å². The average molecular weight is 355 g/mol. The van der Waals surface area contributed by atoms with Crippen LogP contribution in [0.3, 0.4) is 0 Å². The number of allylic oxidation sites excluding steroid dienone is 5. The lowest BCUT2D eigenvalue weighted by atomic mass is 9.99. The fourth-order valence-electron chi connectivity index (χ4n) is 2.60. The molecule has 0 saturated heterocycles. The average Bonchev–Trinajstić information content (AvgIpc) is 2.94. The second-order valence-electron chi connectivity index (χ2n) is 5.44.